The third-order valence-electron chi connectivity index (χ3n) is 4.63. The Morgan fingerprint density at radius 2 is 1.97 bits per heavy atom. The van der Waals surface area contributed by atoms with Crippen molar-refractivity contribution in [1.82, 2.24) is 9.55 Å². The van der Waals surface area contributed by atoms with Gasteiger partial charge in [0.2, 0.25) is 0 Å². The highest BCUT2D eigenvalue weighted by Crippen LogP contribution is 2.31. The Labute approximate surface area is 166 Å². The maximum Gasteiger partial charge on any atom is 0.335 e. The fraction of sp³-hybridized carbons (Fsp3) is 0.667. The molecule has 0 bridgehead atoms. The second-order valence-electron chi connectivity index (χ2n) is 6.59. The number of nitrogens with zero attached hydrogens (tertiary/aromatic N) is 1. The Bertz CT molecular complexity index is 877. The van der Waals surface area contributed by atoms with Gasteiger partial charge in [-0.25, -0.2) is 14.0 Å². The smallest absolute Gasteiger partial charge is 0.335 e. The highest BCUT2D eigenvalue weighted by molar-refractivity contribution is 6.30. The van der Waals surface area contributed by atoms with Crippen LogP contribution in [0.2, 0.25) is 5.02 Å². The lowest BCUT2D eigenvalue weighted by atomic mass is 9.99. The molecule has 29 heavy (non-hydrogen) atoms. The number of carbonyl (C=O) groups is 1. The molecule has 2 aliphatic rings. The molecule has 0 spiro atoms. The minimum absolute atomic E-state index is 0.274. The van der Waals surface area contributed by atoms with E-state index < -0.39 is 73.0 Å². The van der Waals surface area contributed by atoms with E-state index in [1.807, 2.05) is 4.98 Å². The zero-order valence-electron chi connectivity index (χ0n) is 14.6. The van der Waals surface area contributed by atoms with Gasteiger partial charge in [0.1, 0.15) is 41.8 Å². The number of hydrogen-bond acceptors (Lipinski definition) is 9. The molecule has 2 fully saturated rings. The van der Waals surface area contributed by atoms with Crippen molar-refractivity contribution in [3.05, 3.63) is 32.1 Å². The number of hydrogen-bond donors (Lipinski definition) is 5. The number of aliphatic hydroxyl groups excluding tert-OH is 3. The fourth-order valence-corrected chi connectivity index (χ4v) is 3.22. The van der Waals surface area contributed by atoms with Crippen molar-refractivity contribution in [2.45, 2.75) is 55.6 Å². The lowest BCUT2D eigenvalue weighted by Crippen LogP contribution is -2.60. The van der Waals surface area contributed by atoms with Crippen molar-refractivity contribution < 1.29 is 43.8 Å². The van der Waals surface area contributed by atoms with Crippen LogP contribution in [-0.4, -0.2) is 85.5 Å². The third-order valence-corrected chi connectivity index (χ3v) is 4.90. The van der Waals surface area contributed by atoms with Crippen molar-refractivity contribution in [3.8, 4) is 0 Å². The van der Waals surface area contributed by atoms with E-state index in [0.717, 1.165) is 10.8 Å². The molecule has 5 N–H and O–H groups in total. The molecule has 8 atom stereocenters. The van der Waals surface area contributed by atoms with Crippen LogP contribution in [0.25, 0.3) is 0 Å². The lowest BCUT2D eigenvalue weighted by molar-refractivity contribution is -0.298. The van der Waals surface area contributed by atoms with E-state index in [9.17, 15) is 34.1 Å². The molecule has 0 aromatic carbocycles. The first-order valence-electron chi connectivity index (χ1n) is 8.44. The normalized spacial score (nSPS) is 37.6. The van der Waals surface area contributed by atoms with Crippen LogP contribution in [0.5, 0.6) is 0 Å². The van der Waals surface area contributed by atoms with E-state index in [-0.39, 0.29) is 11.4 Å². The maximum absolute atomic E-state index is 14.3. The van der Waals surface area contributed by atoms with Crippen LogP contribution in [0.3, 0.4) is 0 Å². The maximum atomic E-state index is 14.3. The summed E-state index contributed by atoms with van der Waals surface area (Å²) in [5, 5.41) is 37.9. The van der Waals surface area contributed by atoms with Crippen LogP contribution in [-0.2, 0) is 19.0 Å². The van der Waals surface area contributed by atoms with E-state index in [4.69, 9.17) is 30.9 Å². The zero-order chi connectivity index (χ0) is 21.5. The van der Waals surface area contributed by atoms with Gasteiger partial charge >= 0.3 is 11.7 Å². The Morgan fingerprint density at radius 1 is 1.28 bits per heavy atom. The number of H-pyrrole nitrogens is 1. The number of aliphatic carboxylic acids is 1. The van der Waals surface area contributed by atoms with Gasteiger partial charge in [-0.1, -0.05) is 11.6 Å². The van der Waals surface area contributed by atoms with Gasteiger partial charge in [0, 0.05) is 12.6 Å². The van der Waals surface area contributed by atoms with Crippen LogP contribution < -0.4 is 11.2 Å². The molecule has 2 saturated heterocycles. The molecule has 2 aliphatic heterocycles. The number of aromatic nitrogens is 2. The Hall–Kier alpha value is -1.87. The van der Waals surface area contributed by atoms with Gasteiger partial charge in [0.15, 0.2) is 12.4 Å². The number of alkyl halides is 1. The Balaban J connectivity index is 1.65. The van der Waals surface area contributed by atoms with E-state index in [0.29, 0.717) is 0 Å². The summed E-state index contributed by atoms with van der Waals surface area (Å²) in [5.41, 5.74) is -1.66. The molecule has 0 unspecified atom stereocenters. The van der Waals surface area contributed by atoms with Crippen molar-refractivity contribution in [3.63, 3.8) is 0 Å². The molecule has 1 aromatic rings. The van der Waals surface area contributed by atoms with Crippen LogP contribution in [0, 0.1) is 0 Å². The average molecular weight is 441 g/mol. The molecular weight excluding hydrogens is 423 g/mol. The summed E-state index contributed by atoms with van der Waals surface area (Å²) in [6.07, 6.45) is -12.3. The first-order chi connectivity index (χ1) is 13.6. The fourth-order valence-electron chi connectivity index (χ4n) is 3.06. The van der Waals surface area contributed by atoms with Gasteiger partial charge < -0.3 is 34.6 Å². The topological polar surface area (TPSA) is 181 Å². The summed E-state index contributed by atoms with van der Waals surface area (Å²) in [6, 6.07) is 0. The number of aromatic amines is 1. The second-order valence-corrected chi connectivity index (χ2v) is 7.00. The molecule has 0 amide bonds. The molecule has 0 radical (unpaired) electrons. The number of carboxylic acid groups (broad SMARTS) is 1. The van der Waals surface area contributed by atoms with Gasteiger partial charge in [-0.15, -0.1) is 0 Å². The van der Waals surface area contributed by atoms with Gasteiger partial charge in [-0.05, 0) is 0 Å². The van der Waals surface area contributed by atoms with Crippen molar-refractivity contribution in [1.29, 1.82) is 0 Å². The lowest BCUT2D eigenvalue weighted by Gasteiger charge is -2.38. The Kier molecular flexibility index (Phi) is 6.38. The number of ether oxygens (including phenoxy) is 3. The molecule has 14 heteroatoms. The van der Waals surface area contributed by atoms with Crippen LogP contribution in [0.15, 0.2) is 15.8 Å². The highest BCUT2D eigenvalue weighted by atomic mass is 35.5. The first-order valence-corrected chi connectivity index (χ1v) is 8.82. The van der Waals surface area contributed by atoms with Crippen LogP contribution in [0.4, 0.5) is 4.39 Å². The molecular formula is C15H18ClFN2O10. The third kappa shape index (κ3) is 4.35. The van der Waals surface area contributed by atoms with E-state index in [1.54, 1.807) is 0 Å². The summed E-state index contributed by atoms with van der Waals surface area (Å²) in [7, 11) is 0. The summed E-state index contributed by atoms with van der Waals surface area (Å²) in [4.78, 5) is 36.2. The van der Waals surface area contributed by atoms with E-state index >= 15 is 0 Å². The number of aliphatic hydroxyl groups is 3. The summed E-state index contributed by atoms with van der Waals surface area (Å²) in [6.45, 7) is -0.527. The molecule has 162 valence electrons. The van der Waals surface area contributed by atoms with Crippen LogP contribution in [0.1, 0.15) is 12.6 Å². The van der Waals surface area contributed by atoms with Gasteiger partial charge in [-0.2, -0.15) is 0 Å². The minimum Gasteiger partial charge on any atom is -0.479 e. The molecule has 3 rings (SSSR count). The SMILES string of the molecule is O=C(O)[C@H]1O[C@@H](OC[C@H]2O[C@@H](n3cc(Cl)c(=O)[nH]c3=O)C[C@@H]2F)[C@H](O)[C@@H](O)[C@@H]1O. The molecule has 3 heterocycles. The van der Waals surface area contributed by atoms with E-state index in [2.05, 4.69) is 0 Å². The molecule has 0 aliphatic carbocycles. The van der Waals surface area contributed by atoms with Crippen molar-refractivity contribution >= 4 is 17.6 Å². The van der Waals surface area contributed by atoms with E-state index in [1.165, 1.54) is 0 Å². The zero-order valence-corrected chi connectivity index (χ0v) is 15.3. The number of carboxylic acids is 1. The summed E-state index contributed by atoms with van der Waals surface area (Å²) in [5.74, 6) is -1.59. The van der Waals surface area contributed by atoms with Gasteiger partial charge in [-0.3, -0.25) is 14.3 Å². The first kappa shape index (κ1) is 21.8. The van der Waals surface area contributed by atoms with Gasteiger partial charge in [0.05, 0.1) is 6.61 Å². The minimum atomic E-state index is -1.89. The summed E-state index contributed by atoms with van der Waals surface area (Å²) < 4.78 is 30.7. The molecule has 1 aromatic heterocycles. The van der Waals surface area contributed by atoms with Crippen molar-refractivity contribution in [2.75, 3.05) is 6.61 Å². The second kappa shape index (κ2) is 8.47. The predicted octanol–water partition coefficient (Wildman–Crippen LogP) is -2.28. The largest absolute Gasteiger partial charge is 0.479 e. The predicted molar refractivity (Wildman–Crippen MR) is 90.0 cm³/mol. The average Bonchev–Trinajstić information content (AvgIpc) is 3.02. The van der Waals surface area contributed by atoms with Crippen LogP contribution >= 0.6 is 11.6 Å². The number of nitrogens with one attached hydrogen (secondary N) is 1. The summed E-state index contributed by atoms with van der Waals surface area (Å²) >= 11 is 5.67. The van der Waals surface area contributed by atoms with Gasteiger partial charge in [0.25, 0.3) is 5.56 Å². The number of halogens is 2. The Morgan fingerprint density at radius 3 is 2.62 bits per heavy atom. The van der Waals surface area contributed by atoms with Crippen molar-refractivity contribution in [2.24, 2.45) is 0 Å². The quantitative estimate of drug-likeness (QED) is 0.334. The monoisotopic (exact) mass is 440 g/mol. The molecule has 0 saturated carbocycles. The number of rotatable bonds is 5. The highest BCUT2D eigenvalue weighted by Gasteiger charge is 2.48. The standard InChI is InChI=1S/C15H18ClFN2O10/c16-4-2-19(15(26)18-12(4)23)7-1-5(17)6(28-7)3-27-14-10(22)8(20)9(21)11(29-14)13(24)25/h2,5-11,14,20-22H,1,3H2,(H,24,25)(H,18,23,26)/t5-,6+,7+,8-,9-,10+,11-,14+/m0/s1. The molecule has 12 nitrogen and oxygen atoms in total.